The highest BCUT2D eigenvalue weighted by atomic mass is 32.2. The fourth-order valence-electron chi connectivity index (χ4n) is 3.66. The van der Waals surface area contributed by atoms with E-state index < -0.39 is 34.9 Å². The van der Waals surface area contributed by atoms with Crippen molar-refractivity contribution in [1.29, 1.82) is 0 Å². The number of methoxy groups -OCH3 is 1. The van der Waals surface area contributed by atoms with Gasteiger partial charge in [0.1, 0.15) is 6.61 Å². The Kier molecular flexibility index (Phi) is 6.28. The van der Waals surface area contributed by atoms with Crippen LogP contribution in [0, 0.1) is 6.92 Å². The predicted molar refractivity (Wildman–Crippen MR) is 124 cm³/mol. The number of imidazole rings is 1. The van der Waals surface area contributed by atoms with Crippen molar-refractivity contribution < 1.29 is 41.1 Å². The Morgan fingerprint density at radius 3 is 2.41 bits per heavy atom. The summed E-state index contributed by atoms with van der Waals surface area (Å²) in [6, 6.07) is 11.6. The average Bonchev–Trinajstić information content (AvgIpc) is 3.27. The van der Waals surface area contributed by atoms with Crippen LogP contribution in [-0.2, 0) is 23.5 Å². The molecule has 0 saturated carbocycles. The molecule has 1 N–H and O–H groups in total. The highest BCUT2D eigenvalue weighted by Gasteiger charge is 2.66. The first-order valence-corrected chi connectivity index (χ1v) is 12.1. The minimum Gasteiger partial charge on any atom is -0.609 e. The molecule has 5 rings (SSSR count). The van der Waals surface area contributed by atoms with Gasteiger partial charge in [-0.25, -0.2) is 0 Å². The molecule has 0 aliphatic carbocycles. The zero-order chi connectivity index (χ0) is 26.4. The monoisotopic (exact) mass is 537 g/mol. The third kappa shape index (κ3) is 4.71. The Hall–Kier alpha value is -3.71. The largest absolute Gasteiger partial charge is 0.609 e. The molecule has 1 aliphatic rings. The molecule has 1 aliphatic heterocycles. The number of halogens is 4. The first kappa shape index (κ1) is 25.0. The van der Waals surface area contributed by atoms with Gasteiger partial charge in [0.15, 0.2) is 28.8 Å². The van der Waals surface area contributed by atoms with Crippen LogP contribution in [-0.4, -0.2) is 38.8 Å². The molecule has 0 saturated heterocycles. The number of alkyl halides is 4. The van der Waals surface area contributed by atoms with Gasteiger partial charge >= 0.3 is 17.4 Å². The number of H-pyrrole nitrogens is 1. The van der Waals surface area contributed by atoms with E-state index in [4.69, 9.17) is 9.47 Å². The van der Waals surface area contributed by atoms with Crippen LogP contribution in [0.2, 0.25) is 0 Å². The number of fused-ring (bicyclic) bond motifs is 2. The summed E-state index contributed by atoms with van der Waals surface area (Å²) in [4.78, 5) is 11.2. The van der Waals surface area contributed by atoms with Crippen molar-refractivity contribution in [1.82, 2.24) is 15.0 Å². The molecular formula is C24H19F4N3O5S. The maximum absolute atomic E-state index is 13.5. The lowest BCUT2D eigenvalue weighted by Crippen LogP contribution is -2.52. The van der Waals surface area contributed by atoms with Crippen LogP contribution in [0.15, 0.2) is 53.8 Å². The molecule has 37 heavy (non-hydrogen) atoms. The van der Waals surface area contributed by atoms with E-state index in [0.717, 1.165) is 17.7 Å². The molecule has 2 aromatic heterocycles. The number of nitrogens with one attached hydrogen (secondary N) is 1. The Balaban J connectivity index is 1.39. The van der Waals surface area contributed by atoms with E-state index in [2.05, 4.69) is 24.4 Å². The van der Waals surface area contributed by atoms with Crippen molar-refractivity contribution in [3.8, 4) is 23.0 Å². The molecule has 2 aromatic carbocycles. The second kappa shape index (κ2) is 9.30. The molecule has 0 amide bonds. The van der Waals surface area contributed by atoms with Gasteiger partial charge in [0.05, 0.1) is 30.0 Å². The SMILES string of the molecule is COc1cnc(C[S+]([O-])c2nc3cc4c(cc3[nH]2)OC(F)(F)C(F)(F)O4)c(C)c1OCc1ccccc1. The minimum atomic E-state index is -4.85. The highest BCUT2D eigenvalue weighted by Crippen LogP contribution is 2.48. The summed E-state index contributed by atoms with van der Waals surface area (Å²) in [5.74, 6) is -0.426. The van der Waals surface area contributed by atoms with Crippen LogP contribution in [0.5, 0.6) is 23.0 Å². The zero-order valence-corrected chi connectivity index (χ0v) is 20.2. The number of benzene rings is 2. The van der Waals surface area contributed by atoms with Gasteiger partial charge in [0.2, 0.25) is 0 Å². The van der Waals surface area contributed by atoms with Gasteiger partial charge in [-0.3, -0.25) is 9.97 Å². The van der Waals surface area contributed by atoms with Gasteiger partial charge in [-0.2, -0.15) is 22.5 Å². The maximum atomic E-state index is 13.5. The third-order valence-electron chi connectivity index (χ3n) is 5.61. The van der Waals surface area contributed by atoms with E-state index >= 15 is 0 Å². The third-order valence-corrected chi connectivity index (χ3v) is 6.77. The number of rotatable bonds is 7. The zero-order valence-electron chi connectivity index (χ0n) is 19.4. The average molecular weight is 537 g/mol. The summed E-state index contributed by atoms with van der Waals surface area (Å²) in [6.45, 7) is 2.03. The topological polar surface area (TPSA) is 102 Å². The van der Waals surface area contributed by atoms with E-state index in [9.17, 15) is 22.1 Å². The first-order chi connectivity index (χ1) is 17.6. The second-order valence-electron chi connectivity index (χ2n) is 8.09. The van der Waals surface area contributed by atoms with Crippen LogP contribution in [0.25, 0.3) is 11.0 Å². The van der Waals surface area contributed by atoms with Crippen LogP contribution in [0.1, 0.15) is 16.8 Å². The summed E-state index contributed by atoms with van der Waals surface area (Å²) in [5.41, 5.74) is 2.24. The lowest BCUT2D eigenvalue weighted by Gasteiger charge is -2.31. The molecule has 0 fully saturated rings. The summed E-state index contributed by atoms with van der Waals surface area (Å²) >= 11 is -1.77. The Morgan fingerprint density at radius 2 is 1.73 bits per heavy atom. The van der Waals surface area contributed by atoms with Gasteiger partial charge in [-0.15, -0.1) is 0 Å². The lowest BCUT2D eigenvalue weighted by molar-refractivity contribution is -0.391. The summed E-state index contributed by atoms with van der Waals surface area (Å²) in [5, 5.41) is -0.0142. The molecule has 13 heteroatoms. The summed E-state index contributed by atoms with van der Waals surface area (Å²) < 4.78 is 86.8. The van der Waals surface area contributed by atoms with Crippen LogP contribution < -0.4 is 18.9 Å². The predicted octanol–water partition coefficient (Wildman–Crippen LogP) is 5.12. The molecule has 1 atom stereocenters. The summed E-state index contributed by atoms with van der Waals surface area (Å²) in [7, 11) is 1.48. The number of hydrogen-bond donors (Lipinski definition) is 1. The molecule has 3 heterocycles. The molecular weight excluding hydrogens is 518 g/mol. The number of hydrogen-bond acceptors (Lipinski definition) is 7. The normalized spacial score (nSPS) is 16.4. The van der Waals surface area contributed by atoms with Crippen molar-refractivity contribution >= 4 is 22.2 Å². The van der Waals surface area contributed by atoms with Crippen LogP contribution in [0.3, 0.4) is 0 Å². The molecule has 0 bridgehead atoms. The minimum absolute atomic E-state index is 0.0142. The van der Waals surface area contributed by atoms with Crippen molar-refractivity contribution in [3.05, 3.63) is 65.5 Å². The Morgan fingerprint density at radius 1 is 1.05 bits per heavy atom. The standard InChI is InChI=1S/C24H19F4N3O5S/c1-13-17(29-10-20(33-2)21(13)34-11-14-6-4-3-5-7-14)12-37(32)22-30-15-8-18-19(9-16(15)31-22)36-24(27,28)23(25,26)35-18/h3-10H,11-12H2,1-2H3,(H,30,31). The molecule has 0 radical (unpaired) electrons. The highest BCUT2D eigenvalue weighted by molar-refractivity contribution is 7.90. The lowest BCUT2D eigenvalue weighted by atomic mass is 10.2. The Labute approximate surface area is 210 Å². The van der Waals surface area contributed by atoms with Gasteiger partial charge in [-0.05, 0) is 12.5 Å². The van der Waals surface area contributed by atoms with Crippen LogP contribution in [0.4, 0.5) is 17.6 Å². The van der Waals surface area contributed by atoms with Crippen molar-refractivity contribution in [2.75, 3.05) is 7.11 Å². The van der Waals surface area contributed by atoms with Crippen molar-refractivity contribution in [2.24, 2.45) is 0 Å². The number of ether oxygens (including phenoxy) is 4. The molecule has 8 nitrogen and oxygen atoms in total. The molecule has 0 spiro atoms. The van der Waals surface area contributed by atoms with Gasteiger partial charge in [0.25, 0.3) is 0 Å². The van der Waals surface area contributed by atoms with Crippen LogP contribution >= 0.6 is 0 Å². The fraction of sp³-hybridized carbons (Fsp3) is 0.250. The first-order valence-electron chi connectivity index (χ1n) is 10.8. The fourth-order valence-corrected chi connectivity index (χ4v) is 4.76. The second-order valence-corrected chi connectivity index (χ2v) is 9.45. The van der Waals surface area contributed by atoms with Gasteiger partial charge in [0, 0.05) is 28.9 Å². The summed E-state index contributed by atoms with van der Waals surface area (Å²) in [6.07, 6.45) is -8.24. The molecule has 194 valence electrons. The maximum Gasteiger partial charge on any atom is 0.507 e. The molecule has 1 unspecified atom stereocenters. The van der Waals surface area contributed by atoms with Crippen molar-refractivity contribution in [3.63, 3.8) is 0 Å². The number of aromatic nitrogens is 3. The van der Waals surface area contributed by atoms with E-state index in [1.807, 2.05) is 30.3 Å². The van der Waals surface area contributed by atoms with Gasteiger partial charge < -0.3 is 23.5 Å². The van der Waals surface area contributed by atoms with E-state index in [1.165, 1.54) is 13.3 Å². The Bertz CT molecular complexity index is 1400. The van der Waals surface area contributed by atoms with Gasteiger partial charge in [-0.1, -0.05) is 30.3 Å². The number of aromatic amines is 1. The smallest absolute Gasteiger partial charge is 0.507 e. The van der Waals surface area contributed by atoms with E-state index in [0.29, 0.717) is 22.8 Å². The molecule has 4 aromatic rings. The number of pyridine rings is 1. The van der Waals surface area contributed by atoms with E-state index in [-0.39, 0.29) is 28.5 Å². The van der Waals surface area contributed by atoms with Crippen molar-refractivity contribution in [2.45, 2.75) is 36.7 Å². The number of nitrogens with zero attached hydrogens (tertiary/aromatic N) is 2. The van der Waals surface area contributed by atoms with E-state index in [1.54, 1.807) is 6.92 Å². The quantitative estimate of drug-likeness (QED) is 0.258.